The molecule has 7 heteroatoms. The second-order valence-corrected chi connectivity index (χ2v) is 6.43. The van der Waals surface area contributed by atoms with Crippen LogP contribution in [0.1, 0.15) is 31.7 Å². The van der Waals surface area contributed by atoms with Crippen molar-refractivity contribution in [3.63, 3.8) is 0 Å². The fraction of sp³-hybridized carbons (Fsp3) is 0.650. The number of hydrogen-bond donors (Lipinski definition) is 2. The van der Waals surface area contributed by atoms with Gasteiger partial charge in [0.15, 0.2) is 5.96 Å². The lowest BCUT2D eigenvalue weighted by atomic mass is 10.2. The molecule has 1 aromatic rings. The molecule has 0 saturated carbocycles. The molecule has 0 bridgehead atoms. The number of aliphatic imine (C=N–C) groups is 1. The number of unbranched alkanes of at least 4 members (excludes halogenated alkanes) is 1. The van der Waals surface area contributed by atoms with Gasteiger partial charge in [-0.1, -0.05) is 31.5 Å². The van der Waals surface area contributed by atoms with Gasteiger partial charge in [0.05, 0.1) is 0 Å². The minimum Gasteiger partial charge on any atom is -0.492 e. The van der Waals surface area contributed by atoms with Gasteiger partial charge in [-0.15, -0.1) is 24.0 Å². The molecule has 0 atom stereocenters. The first-order chi connectivity index (χ1) is 12.7. The fourth-order valence-corrected chi connectivity index (χ4v) is 2.26. The van der Waals surface area contributed by atoms with E-state index in [2.05, 4.69) is 33.5 Å². The summed E-state index contributed by atoms with van der Waals surface area (Å²) in [5.74, 6) is 1.71. The predicted octanol–water partition coefficient (Wildman–Crippen LogP) is 3.12. The molecule has 0 saturated heterocycles. The van der Waals surface area contributed by atoms with Crippen LogP contribution in [0.15, 0.2) is 29.3 Å². The van der Waals surface area contributed by atoms with Crippen molar-refractivity contribution in [2.24, 2.45) is 4.99 Å². The van der Waals surface area contributed by atoms with E-state index in [9.17, 15) is 0 Å². The highest BCUT2D eigenvalue weighted by atomic mass is 127. The molecule has 156 valence electrons. The molecule has 0 aromatic heterocycles. The highest BCUT2D eigenvalue weighted by molar-refractivity contribution is 14.0. The Morgan fingerprint density at radius 2 is 1.81 bits per heavy atom. The zero-order chi connectivity index (χ0) is 19.0. The van der Waals surface area contributed by atoms with Crippen LogP contribution in [-0.4, -0.2) is 64.9 Å². The number of para-hydroxylation sites is 1. The maximum absolute atomic E-state index is 5.90. The second-order valence-electron chi connectivity index (χ2n) is 6.43. The number of nitrogens with zero attached hydrogens (tertiary/aromatic N) is 2. The summed E-state index contributed by atoms with van der Waals surface area (Å²) in [6.07, 6.45) is 3.27. The van der Waals surface area contributed by atoms with Crippen LogP contribution in [-0.2, 0) is 11.3 Å². The van der Waals surface area contributed by atoms with Gasteiger partial charge in [0.2, 0.25) is 0 Å². The third-order valence-electron chi connectivity index (χ3n) is 3.84. The Hall–Kier alpha value is -1.06. The van der Waals surface area contributed by atoms with E-state index in [1.54, 1.807) is 7.05 Å². The van der Waals surface area contributed by atoms with E-state index in [4.69, 9.17) is 9.47 Å². The molecule has 0 aliphatic heterocycles. The minimum absolute atomic E-state index is 0. The van der Waals surface area contributed by atoms with Crippen LogP contribution in [0.5, 0.6) is 5.75 Å². The van der Waals surface area contributed by atoms with Crippen LogP contribution >= 0.6 is 24.0 Å². The van der Waals surface area contributed by atoms with Crippen molar-refractivity contribution in [1.29, 1.82) is 0 Å². The summed E-state index contributed by atoms with van der Waals surface area (Å²) in [5, 5.41) is 6.66. The minimum atomic E-state index is 0. The Balaban J connectivity index is 0.00000676. The van der Waals surface area contributed by atoms with Crippen LogP contribution in [0, 0.1) is 0 Å². The van der Waals surface area contributed by atoms with Gasteiger partial charge < -0.3 is 25.0 Å². The quantitative estimate of drug-likeness (QED) is 0.192. The molecule has 0 aliphatic rings. The zero-order valence-corrected chi connectivity index (χ0v) is 19.6. The van der Waals surface area contributed by atoms with Crippen LogP contribution in [0.25, 0.3) is 0 Å². The van der Waals surface area contributed by atoms with Crippen molar-refractivity contribution >= 4 is 29.9 Å². The summed E-state index contributed by atoms with van der Waals surface area (Å²) >= 11 is 0. The molecule has 0 amide bonds. The second kappa shape index (κ2) is 17.1. The fourth-order valence-electron chi connectivity index (χ4n) is 2.26. The lowest BCUT2D eigenvalue weighted by Gasteiger charge is -2.16. The highest BCUT2D eigenvalue weighted by Gasteiger charge is 2.05. The summed E-state index contributed by atoms with van der Waals surface area (Å²) in [5.41, 5.74) is 1.12. The number of likely N-dealkylation sites (N-methyl/N-ethyl adjacent to an activating group) is 1. The van der Waals surface area contributed by atoms with Gasteiger partial charge in [-0.05, 0) is 33.0 Å². The number of nitrogens with one attached hydrogen (secondary N) is 2. The monoisotopic (exact) mass is 492 g/mol. The summed E-state index contributed by atoms with van der Waals surface area (Å²) in [6.45, 7) is 6.89. The van der Waals surface area contributed by atoms with E-state index in [0.717, 1.165) is 56.4 Å². The Morgan fingerprint density at radius 1 is 1.07 bits per heavy atom. The van der Waals surface area contributed by atoms with Crippen molar-refractivity contribution in [2.75, 3.05) is 54.1 Å². The maximum atomic E-state index is 5.90. The van der Waals surface area contributed by atoms with E-state index in [-0.39, 0.29) is 24.0 Å². The molecule has 2 N–H and O–H groups in total. The van der Waals surface area contributed by atoms with E-state index >= 15 is 0 Å². The molecule has 1 rings (SSSR count). The molecule has 27 heavy (non-hydrogen) atoms. The molecule has 1 aromatic carbocycles. The SMILES string of the molecule is CCCCOCCCNC(=NC)NCc1ccccc1OCCN(C)C.I. The molecule has 0 spiro atoms. The molecule has 0 heterocycles. The van der Waals surface area contributed by atoms with Crippen LogP contribution < -0.4 is 15.4 Å². The largest absolute Gasteiger partial charge is 0.492 e. The van der Waals surface area contributed by atoms with Gasteiger partial charge >= 0.3 is 0 Å². The number of hydrogen-bond acceptors (Lipinski definition) is 4. The standard InChI is InChI=1S/C20H36N4O2.HI/c1-5-6-14-25-15-9-12-22-20(21-2)23-17-18-10-7-8-11-19(18)26-16-13-24(3)4;/h7-8,10-11H,5-6,9,12-17H2,1-4H3,(H2,21,22,23);1H. The predicted molar refractivity (Wildman–Crippen MR) is 124 cm³/mol. The van der Waals surface area contributed by atoms with E-state index in [0.29, 0.717) is 13.2 Å². The molecule has 6 nitrogen and oxygen atoms in total. The van der Waals surface area contributed by atoms with Crippen molar-refractivity contribution in [2.45, 2.75) is 32.7 Å². The summed E-state index contributed by atoms with van der Waals surface area (Å²) in [7, 11) is 5.87. The van der Waals surface area contributed by atoms with Crippen LogP contribution in [0.3, 0.4) is 0 Å². The first-order valence-corrected chi connectivity index (χ1v) is 9.55. The Morgan fingerprint density at radius 3 is 2.52 bits per heavy atom. The lowest BCUT2D eigenvalue weighted by molar-refractivity contribution is 0.129. The van der Waals surface area contributed by atoms with Crippen molar-refractivity contribution in [3.8, 4) is 5.75 Å². The zero-order valence-electron chi connectivity index (χ0n) is 17.3. The Kier molecular flexibility index (Phi) is 16.4. The van der Waals surface area contributed by atoms with Gasteiger partial charge in [0, 0.05) is 45.5 Å². The molecular weight excluding hydrogens is 455 g/mol. The third kappa shape index (κ3) is 12.9. The first kappa shape index (κ1) is 25.9. The maximum Gasteiger partial charge on any atom is 0.191 e. The average molecular weight is 492 g/mol. The third-order valence-corrected chi connectivity index (χ3v) is 3.84. The smallest absolute Gasteiger partial charge is 0.191 e. The van der Waals surface area contributed by atoms with Gasteiger partial charge in [-0.2, -0.15) is 0 Å². The number of ether oxygens (including phenoxy) is 2. The van der Waals surface area contributed by atoms with Gasteiger partial charge in [-0.3, -0.25) is 4.99 Å². The molecule has 0 radical (unpaired) electrons. The molecule has 0 fully saturated rings. The summed E-state index contributed by atoms with van der Waals surface area (Å²) in [4.78, 5) is 6.38. The number of rotatable bonds is 13. The van der Waals surface area contributed by atoms with Gasteiger partial charge in [0.1, 0.15) is 12.4 Å². The van der Waals surface area contributed by atoms with Crippen LogP contribution in [0.4, 0.5) is 0 Å². The Labute approximate surface area is 182 Å². The summed E-state index contributed by atoms with van der Waals surface area (Å²) in [6, 6.07) is 8.11. The Bertz CT molecular complexity index is 513. The molecule has 0 aliphatic carbocycles. The number of guanidine groups is 1. The lowest BCUT2D eigenvalue weighted by Crippen LogP contribution is -2.37. The van der Waals surface area contributed by atoms with Crippen molar-refractivity contribution < 1.29 is 9.47 Å². The number of benzene rings is 1. The summed E-state index contributed by atoms with van der Waals surface area (Å²) < 4.78 is 11.5. The van der Waals surface area contributed by atoms with Crippen LogP contribution in [0.2, 0.25) is 0 Å². The topological polar surface area (TPSA) is 58.1 Å². The van der Waals surface area contributed by atoms with E-state index in [1.807, 2.05) is 32.3 Å². The normalized spacial score (nSPS) is 11.2. The van der Waals surface area contributed by atoms with Crippen molar-refractivity contribution in [3.05, 3.63) is 29.8 Å². The van der Waals surface area contributed by atoms with Crippen molar-refractivity contribution in [1.82, 2.24) is 15.5 Å². The molecule has 0 unspecified atom stereocenters. The van der Waals surface area contributed by atoms with Gasteiger partial charge in [-0.25, -0.2) is 0 Å². The molecular formula is C20H37IN4O2. The average Bonchev–Trinajstić information content (AvgIpc) is 2.64. The first-order valence-electron chi connectivity index (χ1n) is 9.55. The highest BCUT2D eigenvalue weighted by Crippen LogP contribution is 2.17. The van der Waals surface area contributed by atoms with Gasteiger partial charge in [0.25, 0.3) is 0 Å². The number of halogens is 1. The van der Waals surface area contributed by atoms with E-state index in [1.165, 1.54) is 6.42 Å². The van der Waals surface area contributed by atoms with E-state index < -0.39 is 0 Å².